The summed E-state index contributed by atoms with van der Waals surface area (Å²) in [6.07, 6.45) is 8.38. The minimum atomic E-state index is 0.239. The van der Waals surface area contributed by atoms with Gasteiger partial charge in [0.1, 0.15) is 11.4 Å². The number of nitrogens with zero attached hydrogens (tertiary/aromatic N) is 2. The van der Waals surface area contributed by atoms with Crippen LogP contribution in [0.15, 0.2) is 60.8 Å². The van der Waals surface area contributed by atoms with Crippen molar-refractivity contribution >= 4 is 0 Å². The Morgan fingerprint density at radius 3 is 2.34 bits per heavy atom. The molecule has 1 atom stereocenters. The molecule has 4 rings (SSSR count). The first-order valence-electron chi connectivity index (χ1n) is 11.2. The van der Waals surface area contributed by atoms with Crippen LogP contribution in [-0.2, 0) is 12.0 Å². The Hall–Kier alpha value is -2.48. The highest BCUT2D eigenvalue weighted by molar-refractivity contribution is 5.65. The zero-order chi connectivity index (χ0) is 20.4. The van der Waals surface area contributed by atoms with E-state index < -0.39 is 0 Å². The minimum absolute atomic E-state index is 0.239. The van der Waals surface area contributed by atoms with Crippen molar-refractivity contribution in [3.8, 4) is 22.5 Å². The van der Waals surface area contributed by atoms with Crippen molar-refractivity contribution in [1.82, 2.24) is 4.98 Å². The summed E-state index contributed by atoms with van der Waals surface area (Å²) in [7, 11) is 0. The normalized spacial score (nSPS) is 15.9. The Bertz CT molecular complexity index is 987. The fourth-order valence-electron chi connectivity index (χ4n) is 4.61. The SMILES string of the molecule is CCc1ccccc1-c1c(C)nc(-c2ccccc2)c[n+]1C1(CC(C)CC)CC1. The molecule has 29 heavy (non-hydrogen) atoms. The zero-order valence-electron chi connectivity index (χ0n) is 18.3. The summed E-state index contributed by atoms with van der Waals surface area (Å²) in [5, 5.41) is 0. The highest BCUT2D eigenvalue weighted by Crippen LogP contribution is 2.46. The van der Waals surface area contributed by atoms with E-state index in [2.05, 4.69) is 93.1 Å². The lowest BCUT2D eigenvalue weighted by molar-refractivity contribution is -0.731. The van der Waals surface area contributed by atoms with Crippen LogP contribution in [0.25, 0.3) is 22.5 Å². The van der Waals surface area contributed by atoms with Crippen LogP contribution in [0.1, 0.15) is 57.7 Å². The fourth-order valence-corrected chi connectivity index (χ4v) is 4.61. The van der Waals surface area contributed by atoms with E-state index >= 15 is 0 Å². The molecule has 0 spiro atoms. The molecule has 2 aromatic carbocycles. The Morgan fingerprint density at radius 2 is 1.69 bits per heavy atom. The van der Waals surface area contributed by atoms with E-state index in [-0.39, 0.29) is 5.54 Å². The molecule has 0 N–H and O–H groups in total. The van der Waals surface area contributed by atoms with Gasteiger partial charge in [-0.2, -0.15) is 4.57 Å². The van der Waals surface area contributed by atoms with Crippen molar-refractivity contribution < 1.29 is 4.57 Å². The summed E-state index contributed by atoms with van der Waals surface area (Å²) in [4.78, 5) is 5.08. The van der Waals surface area contributed by atoms with Gasteiger partial charge in [-0.05, 0) is 30.9 Å². The summed E-state index contributed by atoms with van der Waals surface area (Å²) in [5.74, 6) is 0.730. The molecule has 0 saturated heterocycles. The second-order valence-corrected chi connectivity index (χ2v) is 8.75. The van der Waals surface area contributed by atoms with Crippen molar-refractivity contribution in [2.75, 3.05) is 0 Å². The summed E-state index contributed by atoms with van der Waals surface area (Å²) < 4.78 is 2.61. The number of hydrogen-bond acceptors (Lipinski definition) is 1. The maximum atomic E-state index is 5.08. The minimum Gasteiger partial charge on any atom is -0.240 e. The molecule has 2 nitrogen and oxygen atoms in total. The molecule has 1 heterocycles. The fraction of sp³-hybridized carbons (Fsp3) is 0.407. The van der Waals surface area contributed by atoms with Gasteiger partial charge >= 0.3 is 0 Å². The van der Waals surface area contributed by atoms with Gasteiger partial charge in [-0.15, -0.1) is 0 Å². The molecule has 1 fully saturated rings. The van der Waals surface area contributed by atoms with Crippen LogP contribution in [0.4, 0.5) is 0 Å². The first kappa shape index (κ1) is 19.8. The van der Waals surface area contributed by atoms with Crippen LogP contribution >= 0.6 is 0 Å². The number of aryl methyl sites for hydroxylation is 2. The van der Waals surface area contributed by atoms with E-state index in [1.54, 1.807) is 0 Å². The number of benzene rings is 2. The molecule has 1 aliphatic carbocycles. The largest absolute Gasteiger partial charge is 0.240 e. The van der Waals surface area contributed by atoms with Crippen molar-refractivity contribution in [2.24, 2.45) is 5.92 Å². The topological polar surface area (TPSA) is 16.8 Å². The van der Waals surface area contributed by atoms with Crippen LogP contribution in [-0.4, -0.2) is 4.98 Å². The quantitative estimate of drug-likeness (QED) is 0.424. The lowest BCUT2D eigenvalue weighted by Crippen LogP contribution is -2.50. The Balaban J connectivity index is 1.93. The maximum Gasteiger partial charge on any atom is 0.234 e. The van der Waals surface area contributed by atoms with Gasteiger partial charge in [-0.25, -0.2) is 4.98 Å². The van der Waals surface area contributed by atoms with E-state index in [1.165, 1.54) is 48.1 Å². The highest BCUT2D eigenvalue weighted by atomic mass is 15.1. The standard InChI is InChI=1S/C27H33N2/c1-5-20(3)18-27(16-17-27)29-19-25(23-13-8-7-9-14-23)28-21(4)26(29)24-15-11-10-12-22(24)6-2/h7-15,19-20H,5-6,16-18H2,1-4H3/q+1. The van der Waals surface area contributed by atoms with Gasteiger partial charge in [0, 0.05) is 24.8 Å². The molecule has 2 heteroatoms. The second kappa shape index (κ2) is 8.10. The summed E-state index contributed by atoms with van der Waals surface area (Å²) in [5.41, 5.74) is 7.69. The first-order chi connectivity index (χ1) is 14.1. The molecular weight excluding hydrogens is 352 g/mol. The maximum absolute atomic E-state index is 5.08. The van der Waals surface area contributed by atoms with Crippen molar-refractivity contribution in [2.45, 2.75) is 65.3 Å². The van der Waals surface area contributed by atoms with Gasteiger partial charge < -0.3 is 0 Å². The van der Waals surface area contributed by atoms with E-state index in [9.17, 15) is 0 Å². The lowest BCUT2D eigenvalue weighted by atomic mass is 9.94. The van der Waals surface area contributed by atoms with Gasteiger partial charge in [-0.3, -0.25) is 0 Å². The number of hydrogen-bond donors (Lipinski definition) is 0. The monoisotopic (exact) mass is 385 g/mol. The van der Waals surface area contributed by atoms with Crippen LogP contribution in [0.2, 0.25) is 0 Å². The smallest absolute Gasteiger partial charge is 0.234 e. The van der Waals surface area contributed by atoms with Crippen molar-refractivity contribution in [3.05, 3.63) is 72.1 Å². The lowest BCUT2D eigenvalue weighted by Gasteiger charge is -2.20. The number of rotatable bonds is 7. The molecule has 3 aromatic rings. The molecule has 150 valence electrons. The van der Waals surface area contributed by atoms with Crippen molar-refractivity contribution in [1.29, 1.82) is 0 Å². The summed E-state index contributed by atoms with van der Waals surface area (Å²) in [6.45, 7) is 9.14. The van der Waals surface area contributed by atoms with E-state index in [0.29, 0.717) is 0 Å². The summed E-state index contributed by atoms with van der Waals surface area (Å²) >= 11 is 0. The zero-order valence-corrected chi connectivity index (χ0v) is 18.3. The first-order valence-corrected chi connectivity index (χ1v) is 11.2. The molecule has 0 aliphatic heterocycles. The molecular formula is C27H33N2+. The molecule has 0 radical (unpaired) electrons. The van der Waals surface area contributed by atoms with E-state index in [4.69, 9.17) is 4.98 Å². The number of aromatic nitrogens is 2. The van der Waals surface area contributed by atoms with E-state index in [0.717, 1.165) is 23.7 Å². The van der Waals surface area contributed by atoms with Gasteiger partial charge in [0.05, 0.1) is 5.56 Å². The molecule has 1 aliphatic rings. The van der Waals surface area contributed by atoms with Gasteiger partial charge in [0.2, 0.25) is 5.69 Å². The van der Waals surface area contributed by atoms with Gasteiger partial charge in [0.15, 0.2) is 11.7 Å². The Labute approximate surface area is 175 Å². The molecule has 0 bridgehead atoms. The van der Waals surface area contributed by atoms with E-state index in [1.807, 2.05) is 0 Å². The second-order valence-electron chi connectivity index (χ2n) is 8.75. The third-order valence-electron chi connectivity index (χ3n) is 6.61. The molecule has 1 unspecified atom stereocenters. The molecule has 1 aromatic heterocycles. The van der Waals surface area contributed by atoms with Gasteiger partial charge in [-0.1, -0.05) is 75.7 Å². The third-order valence-corrected chi connectivity index (χ3v) is 6.61. The average Bonchev–Trinajstić information content (AvgIpc) is 3.54. The Kier molecular flexibility index (Phi) is 5.54. The molecule has 0 amide bonds. The predicted molar refractivity (Wildman–Crippen MR) is 121 cm³/mol. The summed E-state index contributed by atoms with van der Waals surface area (Å²) in [6, 6.07) is 19.5. The van der Waals surface area contributed by atoms with Crippen LogP contribution in [0, 0.1) is 12.8 Å². The predicted octanol–water partition coefficient (Wildman–Crippen LogP) is 6.50. The van der Waals surface area contributed by atoms with Crippen LogP contribution in [0.5, 0.6) is 0 Å². The Morgan fingerprint density at radius 1 is 1.00 bits per heavy atom. The van der Waals surface area contributed by atoms with Crippen molar-refractivity contribution in [3.63, 3.8) is 0 Å². The van der Waals surface area contributed by atoms with Crippen LogP contribution in [0.3, 0.4) is 0 Å². The highest BCUT2D eigenvalue weighted by Gasteiger charge is 2.54. The molecule has 1 saturated carbocycles. The average molecular weight is 386 g/mol. The van der Waals surface area contributed by atoms with Gasteiger partial charge in [0.25, 0.3) is 0 Å². The third kappa shape index (κ3) is 3.85. The van der Waals surface area contributed by atoms with Crippen LogP contribution < -0.4 is 4.57 Å².